The minimum Gasteiger partial charge on any atom is -0.361 e. The number of nitrogens with one attached hydrogen (secondary N) is 1. The standard InChI is InChI=1S/C16H22N5O3P/c1-20(25(22,23-2)24-3)7-6-14-9-18-16-5-4-13(8-15(14)16)10-21-12-17-11-19-21/h4-5,8-9,11-12,18H,6-7,10H2,1-3H3. The van der Waals surface area contributed by atoms with Gasteiger partial charge in [-0.05, 0) is 36.7 Å². The van der Waals surface area contributed by atoms with Crippen molar-refractivity contribution in [2.24, 2.45) is 0 Å². The number of hydrogen-bond acceptors (Lipinski definition) is 5. The second-order valence-corrected chi connectivity index (χ2v) is 8.10. The van der Waals surface area contributed by atoms with Crippen LogP contribution in [0.25, 0.3) is 10.9 Å². The van der Waals surface area contributed by atoms with Gasteiger partial charge in [-0.15, -0.1) is 0 Å². The Kier molecular flexibility index (Phi) is 5.34. The lowest BCUT2D eigenvalue weighted by Gasteiger charge is -2.23. The van der Waals surface area contributed by atoms with E-state index in [0.29, 0.717) is 13.1 Å². The van der Waals surface area contributed by atoms with Crippen molar-refractivity contribution in [3.05, 3.63) is 48.2 Å². The third-order valence-corrected chi connectivity index (χ3v) is 6.19. The van der Waals surface area contributed by atoms with Gasteiger partial charge >= 0.3 is 7.75 Å². The summed E-state index contributed by atoms with van der Waals surface area (Å²) in [4.78, 5) is 7.25. The molecule has 8 nitrogen and oxygen atoms in total. The van der Waals surface area contributed by atoms with Crippen molar-refractivity contribution in [2.45, 2.75) is 13.0 Å². The molecule has 0 bridgehead atoms. The molecule has 0 saturated carbocycles. The van der Waals surface area contributed by atoms with Crippen molar-refractivity contribution in [1.82, 2.24) is 24.4 Å². The van der Waals surface area contributed by atoms with Gasteiger partial charge in [0.05, 0.1) is 6.54 Å². The molecule has 134 valence electrons. The monoisotopic (exact) mass is 363 g/mol. The van der Waals surface area contributed by atoms with Crippen LogP contribution in [0.1, 0.15) is 11.1 Å². The van der Waals surface area contributed by atoms with Gasteiger partial charge in [-0.1, -0.05) is 6.07 Å². The fourth-order valence-electron chi connectivity index (χ4n) is 2.79. The summed E-state index contributed by atoms with van der Waals surface area (Å²) < 4.78 is 25.8. The molecule has 25 heavy (non-hydrogen) atoms. The maximum atomic E-state index is 12.4. The quantitative estimate of drug-likeness (QED) is 0.620. The first-order chi connectivity index (χ1) is 12.1. The van der Waals surface area contributed by atoms with Gasteiger partial charge in [0.1, 0.15) is 12.7 Å². The smallest absolute Gasteiger partial charge is 0.361 e. The number of benzene rings is 1. The van der Waals surface area contributed by atoms with Crippen LogP contribution in [0, 0.1) is 0 Å². The summed E-state index contributed by atoms with van der Waals surface area (Å²) in [6, 6.07) is 6.28. The number of rotatable bonds is 8. The summed E-state index contributed by atoms with van der Waals surface area (Å²) in [5, 5.41) is 5.29. The highest BCUT2D eigenvalue weighted by Gasteiger charge is 2.27. The van der Waals surface area contributed by atoms with Gasteiger partial charge in [0.2, 0.25) is 0 Å². The summed E-state index contributed by atoms with van der Waals surface area (Å²) in [6.07, 6.45) is 5.94. The minimum absolute atomic E-state index is 0.555. The summed E-state index contributed by atoms with van der Waals surface area (Å²) in [7, 11) is 1.32. The fraction of sp³-hybridized carbons (Fsp3) is 0.375. The highest BCUT2D eigenvalue weighted by molar-refractivity contribution is 7.51. The Bertz CT molecular complexity index is 869. The molecule has 3 aromatic rings. The third kappa shape index (κ3) is 3.82. The Morgan fingerprint density at radius 3 is 2.80 bits per heavy atom. The third-order valence-electron chi connectivity index (χ3n) is 4.23. The number of fused-ring (bicyclic) bond motifs is 1. The van der Waals surface area contributed by atoms with E-state index in [-0.39, 0.29) is 0 Å². The van der Waals surface area contributed by atoms with E-state index >= 15 is 0 Å². The zero-order valence-electron chi connectivity index (χ0n) is 14.5. The molecule has 2 aromatic heterocycles. The summed E-state index contributed by atoms with van der Waals surface area (Å²) >= 11 is 0. The Hall–Kier alpha value is -1.99. The number of nitrogens with zero attached hydrogens (tertiary/aromatic N) is 4. The molecule has 0 aliphatic rings. The van der Waals surface area contributed by atoms with Crippen molar-refractivity contribution in [3.63, 3.8) is 0 Å². The number of hydrogen-bond donors (Lipinski definition) is 1. The highest BCUT2D eigenvalue weighted by Crippen LogP contribution is 2.49. The largest absolute Gasteiger partial charge is 0.407 e. The van der Waals surface area contributed by atoms with Crippen molar-refractivity contribution >= 4 is 18.6 Å². The predicted octanol–water partition coefficient (Wildman–Crippen LogP) is 2.68. The van der Waals surface area contributed by atoms with Crippen molar-refractivity contribution in [1.29, 1.82) is 0 Å². The van der Waals surface area contributed by atoms with Crippen LogP contribution in [0.4, 0.5) is 0 Å². The molecule has 0 atom stereocenters. The zero-order chi connectivity index (χ0) is 17.9. The van der Waals surface area contributed by atoms with E-state index in [1.165, 1.54) is 20.5 Å². The molecule has 0 unspecified atom stereocenters. The van der Waals surface area contributed by atoms with E-state index < -0.39 is 7.75 Å². The second kappa shape index (κ2) is 7.49. The van der Waals surface area contributed by atoms with Crippen LogP contribution in [-0.2, 0) is 26.6 Å². The van der Waals surface area contributed by atoms with Crippen LogP contribution < -0.4 is 0 Å². The molecule has 9 heteroatoms. The maximum absolute atomic E-state index is 12.4. The van der Waals surface area contributed by atoms with Crippen LogP contribution in [0.2, 0.25) is 0 Å². The number of likely N-dealkylation sites (N-methyl/N-ethyl adjacent to an activating group) is 1. The van der Waals surface area contributed by atoms with Gasteiger partial charge in [-0.3, -0.25) is 9.05 Å². The molecule has 0 aliphatic carbocycles. The van der Waals surface area contributed by atoms with E-state index in [0.717, 1.165) is 28.5 Å². The Morgan fingerprint density at radius 1 is 1.32 bits per heavy atom. The lowest BCUT2D eigenvalue weighted by molar-refractivity contribution is 0.221. The summed E-state index contributed by atoms with van der Waals surface area (Å²) in [5.74, 6) is 0. The van der Waals surface area contributed by atoms with Gasteiger partial charge in [0, 0.05) is 37.9 Å². The predicted molar refractivity (Wildman–Crippen MR) is 95.4 cm³/mol. The van der Waals surface area contributed by atoms with Gasteiger partial charge in [0.15, 0.2) is 0 Å². The Labute approximate surface area is 146 Å². The van der Waals surface area contributed by atoms with Gasteiger partial charge in [0.25, 0.3) is 0 Å². The maximum Gasteiger partial charge on any atom is 0.407 e. The average molecular weight is 363 g/mol. The summed E-state index contributed by atoms with van der Waals surface area (Å²) in [5.41, 5.74) is 3.37. The molecular weight excluding hydrogens is 341 g/mol. The van der Waals surface area contributed by atoms with E-state index in [2.05, 4.69) is 33.3 Å². The van der Waals surface area contributed by atoms with Crippen LogP contribution >= 0.6 is 7.75 Å². The molecule has 0 radical (unpaired) electrons. The zero-order valence-corrected chi connectivity index (χ0v) is 15.4. The van der Waals surface area contributed by atoms with Gasteiger partial charge in [-0.25, -0.2) is 18.9 Å². The molecule has 0 aliphatic heterocycles. The van der Waals surface area contributed by atoms with E-state index in [4.69, 9.17) is 9.05 Å². The van der Waals surface area contributed by atoms with Gasteiger partial charge < -0.3 is 4.98 Å². The van der Waals surface area contributed by atoms with E-state index in [1.54, 1.807) is 22.7 Å². The van der Waals surface area contributed by atoms with Crippen molar-refractivity contribution < 1.29 is 13.6 Å². The minimum atomic E-state index is -3.19. The molecule has 3 rings (SSSR count). The first-order valence-corrected chi connectivity index (χ1v) is 9.39. The first kappa shape index (κ1) is 17.8. The van der Waals surface area contributed by atoms with E-state index in [9.17, 15) is 4.57 Å². The molecule has 0 amide bonds. The molecule has 0 fully saturated rings. The van der Waals surface area contributed by atoms with Crippen molar-refractivity contribution in [3.8, 4) is 0 Å². The van der Waals surface area contributed by atoms with Crippen LogP contribution in [0.3, 0.4) is 0 Å². The van der Waals surface area contributed by atoms with Crippen LogP contribution in [0.15, 0.2) is 37.1 Å². The molecule has 2 heterocycles. The molecule has 1 N–H and O–H groups in total. The summed E-state index contributed by atoms with van der Waals surface area (Å²) in [6.45, 7) is 1.22. The lowest BCUT2D eigenvalue weighted by atomic mass is 10.1. The Morgan fingerprint density at radius 2 is 2.12 bits per heavy atom. The van der Waals surface area contributed by atoms with Crippen molar-refractivity contribution in [2.75, 3.05) is 27.8 Å². The number of aromatic amines is 1. The SMILES string of the molecule is COP(=O)(OC)N(C)CCc1c[nH]c2ccc(Cn3cncn3)cc12. The second-order valence-electron chi connectivity index (χ2n) is 5.75. The fourth-order valence-corrected chi connectivity index (χ4v) is 3.84. The first-order valence-electron chi connectivity index (χ1n) is 7.90. The Balaban J connectivity index is 1.76. The normalized spacial score (nSPS) is 12.3. The molecule has 0 saturated heterocycles. The van der Waals surface area contributed by atoms with E-state index in [1.807, 2.05) is 6.20 Å². The molecule has 0 spiro atoms. The average Bonchev–Trinajstić information content (AvgIpc) is 3.28. The van der Waals surface area contributed by atoms with Crippen LogP contribution in [0.5, 0.6) is 0 Å². The van der Waals surface area contributed by atoms with Gasteiger partial charge in [-0.2, -0.15) is 5.10 Å². The number of H-pyrrole nitrogens is 1. The lowest BCUT2D eigenvalue weighted by Crippen LogP contribution is -2.19. The highest BCUT2D eigenvalue weighted by atomic mass is 31.2. The topological polar surface area (TPSA) is 85.3 Å². The number of aromatic nitrogens is 4. The van der Waals surface area contributed by atoms with Crippen LogP contribution in [-0.4, -0.2) is 52.2 Å². The molecular formula is C16H22N5O3P. The molecule has 1 aromatic carbocycles.